The Morgan fingerprint density at radius 2 is 2.50 bits per heavy atom. The van der Waals surface area contributed by atoms with E-state index in [1.54, 1.807) is 0 Å². The minimum atomic E-state index is -0.694. The normalized spacial score (nSPS) is 37.4. The monoisotopic (exact) mass is 140 g/mol. The highest BCUT2D eigenvalue weighted by Gasteiger charge is 2.44. The zero-order valence-corrected chi connectivity index (χ0v) is 5.42. The molecule has 10 heavy (non-hydrogen) atoms. The first-order valence-electron chi connectivity index (χ1n) is 3.31. The van der Waals surface area contributed by atoms with Gasteiger partial charge in [-0.3, -0.25) is 10.1 Å². The van der Waals surface area contributed by atoms with Crippen LogP contribution in [0.1, 0.15) is 12.8 Å². The van der Waals surface area contributed by atoms with Crippen molar-refractivity contribution in [2.24, 2.45) is 10.3 Å². The van der Waals surface area contributed by atoms with Crippen molar-refractivity contribution in [3.8, 4) is 0 Å². The zero-order valence-electron chi connectivity index (χ0n) is 5.42. The predicted molar refractivity (Wildman–Crippen MR) is 33.0 cm³/mol. The van der Waals surface area contributed by atoms with Crippen LogP contribution in [0.5, 0.6) is 0 Å². The van der Waals surface area contributed by atoms with Crippen LogP contribution in [0, 0.1) is 0 Å². The van der Waals surface area contributed by atoms with Gasteiger partial charge in [0, 0.05) is 0 Å². The molecule has 5 heteroatoms. The van der Waals surface area contributed by atoms with Gasteiger partial charge in [-0.2, -0.15) is 0 Å². The van der Waals surface area contributed by atoms with Gasteiger partial charge in [-0.1, -0.05) is 5.22 Å². The second kappa shape index (κ2) is 1.76. The second-order valence-corrected chi connectivity index (χ2v) is 2.53. The number of carbonyl (C=O) groups is 1. The molecular formula is C5H8N4O. The molecule has 0 aliphatic carbocycles. The minimum Gasteiger partial charge on any atom is -0.284 e. The molecule has 0 aromatic rings. The lowest BCUT2D eigenvalue weighted by atomic mass is 10.1. The van der Waals surface area contributed by atoms with Gasteiger partial charge in [-0.05, 0) is 19.4 Å². The highest BCUT2D eigenvalue weighted by molar-refractivity contribution is 5.87. The Kier molecular flexibility index (Phi) is 1.02. The molecule has 0 saturated carbocycles. The molecule has 1 atom stereocenters. The molecule has 2 aliphatic rings. The minimum absolute atomic E-state index is 0.120. The van der Waals surface area contributed by atoms with Gasteiger partial charge in [-0.15, -0.1) is 5.11 Å². The van der Waals surface area contributed by atoms with Crippen molar-refractivity contribution < 1.29 is 4.79 Å². The highest BCUT2D eigenvalue weighted by Crippen LogP contribution is 2.23. The average Bonchev–Trinajstić information content (AvgIpc) is 2.48. The van der Waals surface area contributed by atoms with Crippen molar-refractivity contribution in [1.82, 2.24) is 10.7 Å². The lowest BCUT2D eigenvalue weighted by molar-refractivity contribution is -0.124. The fraction of sp³-hybridized carbons (Fsp3) is 0.800. The Labute approximate surface area is 57.9 Å². The van der Waals surface area contributed by atoms with Gasteiger partial charge < -0.3 is 0 Å². The van der Waals surface area contributed by atoms with E-state index in [4.69, 9.17) is 0 Å². The van der Waals surface area contributed by atoms with Crippen LogP contribution in [0.25, 0.3) is 0 Å². The van der Waals surface area contributed by atoms with Gasteiger partial charge >= 0.3 is 0 Å². The molecule has 0 radical (unpaired) electrons. The number of nitrogens with zero attached hydrogens (tertiary/aromatic N) is 2. The van der Waals surface area contributed by atoms with Crippen LogP contribution < -0.4 is 10.7 Å². The van der Waals surface area contributed by atoms with E-state index >= 15 is 0 Å². The molecule has 0 aromatic carbocycles. The molecule has 0 aromatic heterocycles. The first-order chi connectivity index (χ1) is 4.83. The first-order valence-corrected chi connectivity index (χ1v) is 3.31. The summed E-state index contributed by atoms with van der Waals surface area (Å²) in [5.74, 6) is -0.120. The maximum absolute atomic E-state index is 11.0. The van der Waals surface area contributed by atoms with Gasteiger partial charge in [0.25, 0.3) is 5.91 Å². The molecule has 2 heterocycles. The third-order valence-electron chi connectivity index (χ3n) is 1.88. The van der Waals surface area contributed by atoms with E-state index in [0.717, 1.165) is 19.4 Å². The topological polar surface area (TPSA) is 65.8 Å². The van der Waals surface area contributed by atoms with Gasteiger partial charge in [0.15, 0.2) is 0 Å². The number of rotatable bonds is 0. The smallest absolute Gasteiger partial charge is 0.284 e. The molecular weight excluding hydrogens is 132 g/mol. The van der Waals surface area contributed by atoms with Crippen molar-refractivity contribution >= 4 is 5.91 Å². The summed E-state index contributed by atoms with van der Waals surface area (Å²) in [5.41, 5.74) is 1.61. The summed E-state index contributed by atoms with van der Waals surface area (Å²) in [5, 5.41) is 10.3. The second-order valence-electron chi connectivity index (χ2n) is 2.53. The van der Waals surface area contributed by atoms with Crippen molar-refractivity contribution in [2.75, 3.05) is 6.54 Å². The fourth-order valence-corrected chi connectivity index (χ4v) is 1.30. The standard InChI is InChI=1S/C5H8N4O/c10-4-5(8-9-7-4)2-1-3-6-5/h6H,1-3H2,(H,7,8,10). The largest absolute Gasteiger partial charge is 0.286 e. The molecule has 5 nitrogen and oxygen atoms in total. The summed E-state index contributed by atoms with van der Waals surface area (Å²) in [4.78, 5) is 11.0. The number of hydrogen-bond donors (Lipinski definition) is 2. The van der Waals surface area contributed by atoms with Crippen molar-refractivity contribution in [2.45, 2.75) is 18.5 Å². The summed E-state index contributed by atoms with van der Waals surface area (Å²) < 4.78 is 0. The van der Waals surface area contributed by atoms with Crippen LogP contribution in [-0.2, 0) is 4.79 Å². The van der Waals surface area contributed by atoms with Gasteiger partial charge in [0.2, 0.25) is 5.66 Å². The molecule has 2 rings (SSSR count). The van der Waals surface area contributed by atoms with E-state index in [9.17, 15) is 4.79 Å². The van der Waals surface area contributed by atoms with E-state index in [0.29, 0.717) is 0 Å². The van der Waals surface area contributed by atoms with Gasteiger partial charge in [0.1, 0.15) is 0 Å². The molecule has 0 bridgehead atoms. The third kappa shape index (κ3) is 0.578. The molecule has 1 spiro atoms. The Balaban J connectivity index is 2.27. The lowest BCUT2D eigenvalue weighted by Gasteiger charge is -2.12. The molecule has 1 amide bonds. The quantitative estimate of drug-likeness (QED) is 0.479. The molecule has 1 fully saturated rings. The maximum atomic E-state index is 11.0. The number of hydrogen-bond acceptors (Lipinski definition) is 4. The number of carbonyl (C=O) groups excluding carboxylic acids is 1. The molecule has 1 unspecified atom stereocenters. The van der Waals surface area contributed by atoms with Crippen LogP contribution in [0.4, 0.5) is 0 Å². The number of nitrogens with one attached hydrogen (secondary N) is 2. The predicted octanol–water partition coefficient (Wildman–Crippen LogP) is -0.437. The molecule has 54 valence electrons. The van der Waals surface area contributed by atoms with Crippen molar-refractivity contribution in [3.05, 3.63) is 0 Å². The Hall–Kier alpha value is -0.970. The van der Waals surface area contributed by atoms with E-state index in [1.807, 2.05) is 0 Å². The average molecular weight is 140 g/mol. The summed E-state index contributed by atoms with van der Waals surface area (Å²) in [6, 6.07) is 0. The van der Waals surface area contributed by atoms with Crippen molar-refractivity contribution in [1.29, 1.82) is 0 Å². The van der Waals surface area contributed by atoms with E-state index in [1.165, 1.54) is 0 Å². The molecule has 2 N–H and O–H groups in total. The van der Waals surface area contributed by atoms with Gasteiger partial charge in [0.05, 0.1) is 0 Å². The maximum Gasteiger partial charge on any atom is 0.286 e. The summed E-state index contributed by atoms with van der Waals surface area (Å²) >= 11 is 0. The highest BCUT2D eigenvalue weighted by atomic mass is 16.2. The first kappa shape index (κ1) is 5.79. The van der Waals surface area contributed by atoms with Crippen LogP contribution in [-0.4, -0.2) is 18.1 Å². The van der Waals surface area contributed by atoms with Crippen LogP contribution in [0.2, 0.25) is 0 Å². The summed E-state index contributed by atoms with van der Waals surface area (Å²) in [7, 11) is 0. The van der Waals surface area contributed by atoms with Crippen molar-refractivity contribution in [3.63, 3.8) is 0 Å². The molecule has 1 saturated heterocycles. The SMILES string of the molecule is O=C1NN=NC12CCCN2. The Morgan fingerprint density at radius 3 is 3.00 bits per heavy atom. The van der Waals surface area contributed by atoms with E-state index in [-0.39, 0.29) is 5.91 Å². The number of amides is 1. The van der Waals surface area contributed by atoms with Crippen LogP contribution in [0.15, 0.2) is 10.3 Å². The Bertz CT molecular complexity index is 194. The van der Waals surface area contributed by atoms with E-state index < -0.39 is 5.66 Å². The van der Waals surface area contributed by atoms with Crippen LogP contribution in [0.3, 0.4) is 0 Å². The molecule has 2 aliphatic heterocycles. The zero-order chi connectivity index (χ0) is 7.03. The van der Waals surface area contributed by atoms with Gasteiger partial charge in [-0.25, -0.2) is 5.43 Å². The Morgan fingerprint density at radius 1 is 1.60 bits per heavy atom. The van der Waals surface area contributed by atoms with E-state index in [2.05, 4.69) is 21.1 Å². The summed E-state index contributed by atoms with van der Waals surface area (Å²) in [6.07, 6.45) is 1.76. The fourth-order valence-electron chi connectivity index (χ4n) is 1.30. The van der Waals surface area contributed by atoms with Crippen LogP contribution >= 0.6 is 0 Å². The lowest BCUT2D eigenvalue weighted by Crippen LogP contribution is -2.46. The summed E-state index contributed by atoms with van der Waals surface area (Å²) in [6.45, 7) is 0.854. The third-order valence-corrected chi connectivity index (χ3v) is 1.88.